The van der Waals surface area contributed by atoms with Crippen molar-refractivity contribution in [1.29, 1.82) is 0 Å². The Morgan fingerprint density at radius 3 is 2.45 bits per heavy atom. The number of hydrogen-bond donors (Lipinski definition) is 2. The summed E-state index contributed by atoms with van der Waals surface area (Å²) in [5, 5.41) is 16.0. The Hall–Kier alpha value is -5.16. The first-order chi connectivity index (χ1) is 21.3. The summed E-state index contributed by atoms with van der Waals surface area (Å²) in [6.07, 6.45) is 1.76. The van der Waals surface area contributed by atoms with Crippen LogP contribution in [0.5, 0.6) is 5.75 Å². The van der Waals surface area contributed by atoms with Gasteiger partial charge < -0.3 is 25.1 Å². The molecule has 228 valence electrons. The Bertz CT molecular complexity index is 1510. The van der Waals surface area contributed by atoms with Gasteiger partial charge in [-0.05, 0) is 41.0 Å². The number of aromatic hydroxyl groups is 1. The van der Waals surface area contributed by atoms with Crippen LogP contribution in [0.2, 0.25) is 0 Å². The van der Waals surface area contributed by atoms with Crippen molar-refractivity contribution in [2.75, 3.05) is 31.6 Å². The van der Waals surface area contributed by atoms with E-state index >= 15 is 0 Å². The average molecular weight is 597 g/mol. The molecule has 2 aliphatic rings. The number of fused-ring (bicyclic) bond motifs is 1. The van der Waals surface area contributed by atoms with Gasteiger partial charge in [-0.2, -0.15) is 0 Å². The number of urea groups is 1. The van der Waals surface area contributed by atoms with E-state index in [4.69, 9.17) is 0 Å². The fourth-order valence-corrected chi connectivity index (χ4v) is 5.71. The number of phenolic OH excluding ortho intramolecular Hbond substituents is 1. The molecule has 0 radical (unpaired) electrons. The first kappa shape index (κ1) is 30.3. The van der Waals surface area contributed by atoms with Crippen LogP contribution in [-0.2, 0) is 33.9 Å². The molecule has 0 unspecified atom stereocenters. The number of hydrogen-bond acceptors (Lipinski definition) is 6. The Kier molecular flexibility index (Phi) is 9.25. The molecule has 2 saturated heterocycles. The molecule has 0 aliphatic carbocycles. The minimum absolute atomic E-state index is 0.0802. The van der Waals surface area contributed by atoms with Gasteiger partial charge in [0.25, 0.3) is 0 Å². The molecule has 5 amide bonds. The number of benzene rings is 3. The second-order valence-corrected chi connectivity index (χ2v) is 10.9. The molecule has 0 saturated carbocycles. The zero-order valence-electron chi connectivity index (χ0n) is 24.6. The van der Waals surface area contributed by atoms with Crippen molar-refractivity contribution in [1.82, 2.24) is 25.1 Å². The van der Waals surface area contributed by atoms with Gasteiger partial charge in [0, 0.05) is 38.8 Å². The molecule has 2 heterocycles. The molecule has 2 atom stereocenters. The summed E-state index contributed by atoms with van der Waals surface area (Å²) in [5.41, 5.74) is 3.16. The molecule has 11 heteroatoms. The molecule has 0 spiro atoms. The predicted molar refractivity (Wildman–Crippen MR) is 165 cm³/mol. The highest BCUT2D eigenvalue weighted by atomic mass is 16.3. The van der Waals surface area contributed by atoms with Crippen molar-refractivity contribution in [3.63, 3.8) is 0 Å². The molecule has 44 heavy (non-hydrogen) atoms. The summed E-state index contributed by atoms with van der Waals surface area (Å²) in [6, 6.07) is 22.1. The van der Waals surface area contributed by atoms with Crippen LogP contribution in [0.4, 0.5) is 10.5 Å². The van der Waals surface area contributed by atoms with Crippen molar-refractivity contribution < 1.29 is 24.3 Å². The lowest BCUT2D eigenvalue weighted by atomic mass is 9.98. The number of nitrogens with one attached hydrogen (secondary N) is 1. The summed E-state index contributed by atoms with van der Waals surface area (Å²) in [4.78, 5) is 57.7. The molecule has 0 aromatic heterocycles. The quantitative estimate of drug-likeness (QED) is 0.275. The van der Waals surface area contributed by atoms with Crippen LogP contribution in [-0.4, -0.2) is 88.1 Å². The lowest BCUT2D eigenvalue weighted by Gasteiger charge is -2.55. The topological polar surface area (TPSA) is 117 Å². The molecule has 3 aromatic carbocycles. The summed E-state index contributed by atoms with van der Waals surface area (Å²) in [6.45, 7) is 4.56. The molecule has 2 N–H and O–H groups in total. The Morgan fingerprint density at radius 1 is 1.02 bits per heavy atom. The van der Waals surface area contributed by atoms with Crippen molar-refractivity contribution >= 4 is 29.9 Å². The maximum Gasteiger partial charge on any atom is 0.334 e. The fourth-order valence-electron chi connectivity index (χ4n) is 5.71. The van der Waals surface area contributed by atoms with Crippen LogP contribution in [0.15, 0.2) is 91.5 Å². The van der Waals surface area contributed by atoms with Crippen LogP contribution in [0.25, 0.3) is 0 Å². The molecular formula is C33H36N6O5. The SMILES string of the molecule is C=CCN1CC(=O)N2[C@@H](Cc3ccc(O)cc3)C(=O)N(Cc3cccc(N(C)C=O)c3)C[C@@H]2N1C(=O)NCc1ccccc1. The molecular weight excluding hydrogens is 560 g/mol. The van der Waals surface area contributed by atoms with Crippen molar-refractivity contribution in [2.24, 2.45) is 0 Å². The third kappa shape index (κ3) is 6.57. The first-order valence-corrected chi connectivity index (χ1v) is 14.4. The van der Waals surface area contributed by atoms with Gasteiger partial charge in [-0.15, -0.1) is 6.58 Å². The van der Waals surface area contributed by atoms with E-state index in [-0.39, 0.29) is 56.7 Å². The third-order valence-corrected chi connectivity index (χ3v) is 7.88. The van der Waals surface area contributed by atoms with E-state index in [2.05, 4.69) is 11.9 Å². The van der Waals surface area contributed by atoms with Crippen LogP contribution >= 0.6 is 0 Å². The number of anilines is 1. The normalized spacial score (nSPS) is 18.5. The van der Waals surface area contributed by atoms with Crippen LogP contribution in [0.1, 0.15) is 16.7 Å². The fraction of sp³-hybridized carbons (Fsp3) is 0.273. The summed E-state index contributed by atoms with van der Waals surface area (Å²) in [5.74, 6) is -0.423. The Labute approximate surface area is 256 Å². The zero-order valence-corrected chi connectivity index (χ0v) is 24.6. The van der Waals surface area contributed by atoms with Gasteiger partial charge >= 0.3 is 6.03 Å². The van der Waals surface area contributed by atoms with E-state index in [1.807, 2.05) is 48.5 Å². The molecule has 2 aliphatic heterocycles. The van der Waals surface area contributed by atoms with Gasteiger partial charge in [0.15, 0.2) is 0 Å². The highest BCUT2D eigenvalue weighted by molar-refractivity contribution is 5.91. The predicted octanol–water partition coefficient (Wildman–Crippen LogP) is 2.72. The number of piperazine rings is 1. The lowest BCUT2D eigenvalue weighted by Crippen LogP contribution is -2.76. The largest absolute Gasteiger partial charge is 0.508 e. The van der Waals surface area contributed by atoms with Gasteiger partial charge in [0.2, 0.25) is 18.2 Å². The highest BCUT2D eigenvalue weighted by Crippen LogP contribution is 2.30. The maximum absolute atomic E-state index is 14.1. The van der Waals surface area contributed by atoms with E-state index in [1.54, 1.807) is 53.4 Å². The van der Waals surface area contributed by atoms with Crippen molar-refractivity contribution in [3.8, 4) is 5.75 Å². The van der Waals surface area contributed by atoms with E-state index in [0.29, 0.717) is 12.1 Å². The summed E-state index contributed by atoms with van der Waals surface area (Å²) in [7, 11) is 1.65. The average Bonchev–Trinajstić information content (AvgIpc) is 3.03. The van der Waals surface area contributed by atoms with Crippen molar-refractivity contribution in [3.05, 3.63) is 108 Å². The van der Waals surface area contributed by atoms with Crippen LogP contribution in [0, 0.1) is 0 Å². The van der Waals surface area contributed by atoms with Gasteiger partial charge in [-0.1, -0.05) is 60.7 Å². The first-order valence-electron chi connectivity index (χ1n) is 14.4. The Balaban J connectivity index is 1.50. The Morgan fingerprint density at radius 2 is 1.75 bits per heavy atom. The van der Waals surface area contributed by atoms with Gasteiger partial charge in [-0.25, -0.2) is 14.8 Å². The number of amides is 5. The van der Waals surface area contributed by atoms with E-state index in [9.17, 15) is 24.3 Å². The second-order valence-electron chi connectivity index (χ2n) is 10.9. The van der Waals surface area contributed by atoms with E-state index < -0.39 is 18.2 Å². The summed E-state index contributed by atoms with van der Waals surface area (Å²) < 4.78 is 0. The minimum Gasteiger partial charge on any atom is -0.508 e. The molecule has 5 rings (SSSR count). The zero-order chi connectivity index (χ0) is 31.2. The van der Waals surface area contributed by atoms with E-state index in [1.165, 1.54) is 14.8 Å². The standard InChI is InChI=1S/C33H36N6O5/c1-3-16-37-22-31(42)38-29(18-24-12-14-28(41)15-13-24)32(43)36(20-26-10-7-11-27(17-26)35(2)23-40)21-30(38)39(37)33(44)34-19-25-8-5-4-6-9-25/h3-15,17,23,29-30,41H,1,16,18-22H2,2H3,(H,34,44)/t29-,30-/m0/s1. The second kappa shape index (κ2) is 13.4. The van der Waals surface area contributed by atoms with Crippen LogP contribution in [0.3, 0.4) is 0 Å². The number of carbonyl (C=O) groups excluding carboxylic acids is 4. The molecule has 3 aromatic rings. The molecule has 2 fully saturated rings. The monoisotopic (exact) mass is 596 g/mol. The van der Waals surface area contributed by atoms with E-state index in [0.717, 1.165) is 16.7 Å². The molecule has 11 nitrogen and oxygen atoms in total. The van der Waals surface area contributed by atoms with Gasteiger partial charge in [0.1, 0.15) is 18.0 Å². The lowest BCUT2D eigenvalue weighted by molar-refractivity contribution is -0.189. The highest BCUT2D eigenvalue weighted by Gasteiger charge is 2.51. The number of carbonyl (C=O) groups is 4. The van der Waals surface area contributed by atoms with Crippen molar-refractivity contribution in [2.45, 2.75) is 31.7 Å². The smallest absolute Gasteiger partial charge is 0.334 e. The number of rotatable bonds is 10. The van der Waals surface area contributed by atoms with Gasteiger partial charge in [0.05, 0.1) is 13.1 Å². The number of nitrogens with zero attached hydrogens (tertiary/aromatic N) is 5. The molecule has 0 bridgehead atoms. The van der Waals surface area contributed by atoms with Gasteiger partial charge in [-0.3, -0.25) is 14.4 Å². The van der Waals surface area contributed by atoms with Crippen LogP contribution < -0.4 is 10.2 Å². The number of hydrazine groups is 1. The third-order valence-electron chi connectivity index (χ3n) is 7.88. The number of phenols is 1. The maximum atomic E-state index is 14.1. The summed E-state index contributed by atoms with van der Waals surface area (Å²) >= 11 is 0. The minimum atomic E-state index is -0.887.